The number of methoxy groups -OCH3 is 1. The molecule has 2 aromatic rings. The summed E-state index contributed by atoms with van der Waals surface area (Å²) in [5.41, 5.74) is 1.32. The minimum atomic E-state index is -0.940. The topological polar surface area (TPSA) is 72.3 Å². The highest BCUT2D eigenvalue weighted by Crippen LogP contribution is 2.20. The first-order valence-electron chi connectivity index (χ1n) is 5.38. The van der Waals surface area contributed by atoms with Crippen molar-refractivity contribution in [1.29, 1.82) is 0 Å². The van der Waals surface area contributed by atoms with Crippen LogP contribution in [0.4, 0.5) is 0 Å². The summed E-state index contributed by atoms with van der Waals surface area (Å²) in [6.45, 7) is 0. The molecule has 18 heavy (non-hydrogen) atoms. The lowest BCUT2D eigenvalue weighted by atomic mass is 10.2. The summed E-state index contributed by atoms with van der Waals surface area (Å²) in [5, 5.41) is 8.76. The van der Waals surface area contributed by atoms with Gasteiger partial charge in [0.05, 0.1) is 13.5 Å². The summed E-state index contributed by atoms with van der Waals surface area (Å²) in [7, 11) is 1.46. The van der Waals surface area contributed by atoms with Gasteiger partial charge in [-0.3, -0.25) is 4.79 Å². The highest BCUT2D eigenvalue weighted by atomic mass is 16.5. The van der Waals surface area contributed by atoms with Crippen LogP contribution in [0, 0.1) is 0 Å². The van der Waals surface area contributed by atoms with Crippen LogP contribution in [-0.2, 0) is 11.2 Å². The fourth-order valence-electron chi connectivity index (χ4n) is 1.58. The maximum Gasteiger partial charge on any atom is 0.308 e. The number of hydrogen-bond donors (Lipinski definition) is 1. The van der Waals surface area contributed by atoms with Crippen molar-refractivity contribution >= 4 is 5.97 Å². The van der Waals surface area contributed by atoms with Gasteiger partial charge in [0.25, 0.3) is 0 Å². The van der Waals surface area contributed by atoms with E-state index in [0.717, 1.165) is 5.56 Å². The summed E-state index contributed by atoms with van der Waals surface area (Å²) in [6, 6.07) is 9.43. The minimum Gasteiger partial charge on any atom is -0.481 e. The normalized spacial score (nSPS) is 10.1. The second kappa shape index (κ2) is 5.27. The van der Waals surface area contributed by atoms with Gasteiger partial charge in [0.2, 0.25) is 5.88 Å². The molecule has 1 heterocycles. The van der Waals surface area contributed by atoms with Crippen molar-refractivity contribution in [1.82, 2.24) is 9.97 Å². The molecular weight excluding hydrogens is 232 g/mol. The second-order valence-electron chi connectivity index (χ2n) is 3.66. The van der Waals surface area contributed by atoms with Crippen molar-refractivity contribution in [3.63, 3.8) is 0 Å². The van der Waals surface area contributed by atoms with Crippen LogP contribution < -0.4 is 4.74 Å². The zero-order valence-corrected chi connectivity index (χ0v) is 9.83. The van der Waals surface area contributed by atoms with E-state index in [1.807, 2.05) is 30.3 Å². The van der Waals surface area contributed by atoms with E-state index in [1.54, 1.807) is 0 Å². The summed E-state index contributed by atoms with van der Waals surface area (Å²) in [4.78, 5) is 19.1. The van der Waals surface area contributed by atoms with E-state index in [2.05, 4.69) is 9.97 Å². The first-order chi connectivity index (χ1) is 8.70. The van der Waals surface area contributed by atoms with E-state index in [9.17, 15) is 4.79 Å². The first kappa shape index (κ1) is 12.0. The maximum absolute atomic E-state index is 10.7. The van der Waals surface area contributed by atoms with E-state index in [0.29, 0.717) is 17.3 Å². The summed E-state index contributed by atoms with van der Waals surface area (Å²) in [6.07, 6.45) is 1.33. The van der Waals surface area contributed by atoms with Gasteiger partial charge in [-0.25, -0.2) is 4.98 Å². The molecule has 92 valence electrons. The summed E-state index contributed by atoms with van der Waals surface area (Å²) < 4.78 is 5.09. The number of carboxylic acids is 1. The molecule has 0 aliphatic carbocycles. The molecule has 1 N–H and O–H groups in total. The quantitative estimate of drug-likeness (QED) is 0.887. The molecule has 0 unspecified atom stereocenters. The third-order valence-electron chi connectivity index (χ3n) is 2.39. The Morgan fingerprint density at radius 3 is 2.67 bits per heavy atom. The van der Waals surface area contributed by atoms with Gasteiger partial charge in [-0.2, -0.15) is 4.98 Å². The molecule has 0 aliphatic rings. The molecule has 0 atom stereocenters. The molecule has 5 heteroatoms. The molecule has 1 aromatic carbocycles. The van der Waals surface area contributed by atoms with Crippen LogP contribution in [0.25, 0.3) is 11.4 Å². The first-order valence-corrected chi connectivity index (χ1v) is 5.38. The lowest BCUT2D eigenvalue weighted by Crippen LogP contribution is -2.05. The SMILES string of the molecule is COc1nc(-c2ccccc2)ncc1CC(=O)O. The van der Waals surface area contributed by atoms with Crippen molar-refractivity contribution in [2.24, 2.45) is 0 Å². The number of aromatic nitrogens is 2. The van der Waals surface area contributed by atoms with Crippen molar-refractivity contribution in [3.05, 3.63) is 42.1 Å². The van der Waals surface area contributed by atoms with E-state index in [1.165, 1.54) is 13.3 Å². The number of benzene rings is 1. The molecule has 0 fully saturated rings. The van der Waals surface area contributed by atoms with Gasteiger partial charge in [-0.1, -0.05) is 30.3 Å². The highest BCUT2D eigenvalue weighted by Gasteiger charge is 2.11. The number of rotatable bonds is 4. The summed E-state index contributed by atoms with van der Waals surface area (Å²) >= 11 is 0. The van der Waals surface area contributed by atoms with Gasteiger partial charge < -0.3 is 9.84 Å². The van der Waals surface area contributed by atoms with Crippen molar-refractivity contribution in [3.8, 4) is 17.3 Å². The summed E-state index contributed by atoms with van der Waals surface area (Å²) in [5.74, 6) is -0.128. The van der Waals surface area contributed by atoms with Crippen LogP contribution in [0.2, 0.25) is 0 Å². The molecule has 0 saturated heterocycles. The Morgan fingerprint density at radius 1 is 1.33 bits per heavy atom. The van der Waals surface area contributed by atoms with Crippen molar-refractivity contribution in [2.75, 3.05) is 7.11 Å². The van der Waals surface area contributed by atoms with Crippen LogP contribution in [-0.4, -0.2) is 28.2 Å². The van der Waals surface area contributed by atoms with Gasteiger partial charge in [-0.05, 0) is 0 Å². The number of carboxylic acid groups (broad SMARTS) is 1. The Hall–Kier alpha value is -2.43. The molecule has 0 bridgehead atoms. The van der Waals surface area contributed by atoms with Crippen molar-refractivity contribution < 1.29 is 14.6 Å². The third kappa shape index (κ3) is 2.63. The zero-order valence-electron chi connectivity index (χ0n) is 9.83. The van der Waals surface area contributed by atoms with E-state index < -0.39 is 5.97 Å². The van der Waals surface area contributed by atoms with Gasteiger partial charge in [0, 0.05) is 17.3 Å². The fourth-order valence-corrected chi connectivity index (χ4v) is 1.58. The molecular formula is C13H12N2O3. The molecule has 0 aliphatic heterocycles. The molecule has 1 aromatic heterocycles. The van der Waals surface area contributed by atoms with Crippen LogP contribution in [0.1, 0.15) is 5.56 Å². The number of carbonyl (C=O) groups is 1. The standard InChI is InChI=1S/C13H12N2O3/c1-18-13-10(7-11(16)17)8-14-12(15-13)9-5-3-2-4-6-9/h2-6,8H,7H2,1H3,(H,16,17). The number of ether oxygens (including phenoxy) is 1. The maximum atomic E-state index is 10.7. The van der Waals surface area contributed by atoms with Crippen molar-refractivity contribution in [2.45, 2.75) is 6.42 Å². The molecule has 0 saturated carbocycles. The van der Waals surface area contributed by atoms with Gasteiger partial charge in [0.1, 0.15) is 0 Å². The number of nitrogens with zero attached hydrogens (tertiary/aromatic N) is 2. The zero-order chi connectivity index (χ0) is 13.0. The predicted molar refractivity (Wildman–Crippen MR) is 65.4 cm³/mol. The lowest BCUT2D eigenvalue weighted by molar-refractivity contribution is -0.136. The Bertz CT molecular complexity index is 555. The van der Waals surface area contributed by atoms with Gasteiger partial charge in [-0.15, -0.1) is 0 Å². The Kier molecular flexibility index (Phi) is 3.52. The van der Waals surface area contributed by atoms with Gasteiger partial charge >= 0.3 is 5.97 Å². The monoisotopic (exact) mass is 244 g/mol. The molecule has 0 spiro atoms. The number of aliphatic carboxylic acids is 1. The highest BCUT2D eigenvalue weighted by molar-refractivity contribution is 5.71. The third-order valence-corrected chi connectivity index (χ3v) is 2.39. The predicted octanol–water partition coefficient (Wildman–Crippen LogP) is 1.78. The van der Waals surface area contributed by atoms with Crippen LogP contribution in [0.15, 0.2) is 36.5 Å². The van der Waals surface area contributed by atoms with E-state index in [-0.39, 0.29) is 6.42 Å². The van der Waals surface area contributed by atoms with Gasteiger partial charge in [0.15, 0.2) is 5.82 Å². The fraction of sp³-hybridized carbons (Fsp3) is 0.154. The average Bonchev–Trinajstić information content (AvgIpc) is 2.39. The Balaban J connectivity index is 2.39. The van der Waals surface area contributed by atoms with Crippen LogP contribution in [0.3, 0.4) is 0 Å². The molecule has 0 radical (unpaired) electrons. The second-order valence-corrected chi connectivity index (χ2v) is 3.66. The molecule has 2 rings (SSSR count). The van der Waals surface area contributed by atoms with Crippen LogP contribution in [0.5, 0.6) is 5.88 Å². The molecule has 0 amide bonds. The van der Waals surface area contributed by atoms with E-state index in [4.69, 9.17) is 9.84 Å². The minimum absolute atomic E-state index is 0.155. The lowest BCUT2D eigenvalue weighted by Gasteiger charge is -2.07. The Labute approximate surface area is 104 Å². The molecule has 5 nitrogen and oxygen atoms in total. The largest absolute Gasteiger partial charge is 0.481 e. The van der Waals surface area contributed by atoms with E-state index >= 15 is 0 Å². The van der Waals surface area contributed by atoms with Crippen LogP contribution >= 0.6 is 0 Å². The smallest absolute Gasteiger partial charge is 0.308 e. The number of hydrogen-bond acceptors (Lipinski definition) is 4. The Morgan fingerprint density at radius 2 is 2.06 bits per heavy atom. The average molecular weight is 244 g/mol.